The van der Waals surface area contributed by atoms with Gasteiger partial charge >= 0.3 is 0 Å². The van der Waals surface area contributed by atoms with Gasteiger partial charge in [-0.25, -0.2) is 0 Å². The topological polar surface area (TPSA) is 68.0 Å². The monoisotopic (exact) mass is 291 g/mol. The number of nitrogen functional groups attached to an aromatic ring is 1. The molecular weight excluding hydrogens is 274 g/mol. The summed E-state index contributed by atoms with van der Waals surface area (Å²) in [6.07, 6.45) is 1.62. The van der Waals surface area contributed by atoms with Crippen LogP contribution in [-0.2, 0) is 0 Å². The number of aryl methyl sites for hydroxylation is 2. The number of hydrogen-bond acceptors (Lipinski definition) is 3. The number of carbonyl (C=O) groups excluding carboxylic acids is 1. The van der Waals surface area contributed by atoms with Gasteiger partial charge in [0.05, 0.1) is 0 Å². The number of anilines is 2. The molecule has 0 fully saturated rings. The van der Waals surface area contributed by atoms with Gasteiger partial charge in [-0.05, 0) is 66.8 Å². The minimum atomic E-state index is -0.222. The summed E-state index contributed by atoms with van der Waals surface area (Å²) in [5.74, 6) is -0.222. The van der Waals surface area contributed by atoms with E-state index in [0.29, 0.717) is 11.4 Å². The van der Waals surface area contributed by atoms with Crippen molar-refractivity contribution >= 4 is 28.1 Å². The van der Waals surface area contributed by atoms with E-state index in [9.17, 15) is 4.79 Å². The Hall–Kier alpha value is -2.88. The van der Waals surface area contributed by atoms with E-state index >= 15 is 0 Å². The lowest BCUT2D eigenvalue weighted by Gasteiger charge is -2.09. The molecule has 0 bridgehead atoms. The molecule has 0 saturated carbocycles. The Kier molecular flexibility index (Phi) is 3.51. The fraction of sp³-hybridized carbons (Fsp3) is 0.111. The van der Waals surface area contributed by atoms with Crippen LogP contribution >= 0.6 is 0 Å². The summed E-state index contributed by atoms with van der Waals surface area (Å²) in [5, 5.41) is 4.61. The number of benzene rings is 2. The van der Waals surface area contributed by atoms with E-state index < -0.39 is 0 Å². The van der Waals surface area contributed by atoms with Crippen LogP contribution < -0.4 is 11.1 Å². The lowest BCUT2D eigenvalue weighted by Crippen LogP contribution is -2.14. The number of carbonyl (C=O) groups is 1. The van der Waals surface area contributed by atoms with Gasteiger partial charge in [0.1, 0.15) is 5.69 Å². The second-order valence-electron chi connectivity index (χ2n) is 5.47. The van der Waals surface area contributed by atoms with E-state index in [1.54, 1.807) is 12.3 Å². The van der Waals surface area contributed by atoms with Crippen molar-refractivity contribution < 1.29 is 4.79 Å². The number of nitrogens with two attached hydrogens (primary N) is 1. The van der Waals surface area contributed by atoms with Gasteiger partial charge < -0.3 is 11.1 Å². The van der Waals surface area contributed by atoms with Gasteiger partial charge in [-0.3, -0.25) is 9.78 Å². The third kappa shape index (κ3) is 2.76. The second kappa shape index (κ2) is 5.48. The van der Waals surface area contributed by atoms with E-state index in [0.717, 1.165) is 27.6 Å². The van der Waals surface area contributed by atoms with Gasteiger partial charge in [-0.15, -0.1) is 0 Å². The maximum atomic E-state index is 12.5. The number of nitrogens with one attached hydrogen (secondary N) is 1. The molecule has 0 spiro atoms. The summed E-state index contributed by atoms with van der Waals surface area (Å²) in [6, 6.07) is 13.2. The first-order valence-electron chi connectivity index (χ1n) is 7.07. The van der Waals surface area contributed by atoms with Gasteiger partial charge in [0.25, 0.3) is 5.91 Å². The number of amides is 1. The Labute approximate surface area is 129 Å². The minimum Gasteiger partial charge on any atom is -0.399 e. The molecule has 22 heavy (non-hydrogen) atoms. The average Bonchev–Trinajstić information content (AvgIpc) is 2.45. The third-order valence-corrected chi connectivity index (χ3v) is 3.48. The number of nitrogens with zero attached hydrogens (tertiary/aromatic N) is 1. The quantitative estimate of drug-likeness (QED) is 0.708. The van der Waals surface area contributed by atoms with E-state index in [2.05, 4.69) is 16.4 Å². The zero-order valence-electron chi connectivity index (χ0n) is 12.6. The van der Waals surface area contributed by atoms with Crippen molar-refractivity contribution in [1.82, 2.24) is 4.98 Å². The normalized spacial score (nSPS) is 10.6. The standard InChI is InChI=1S/C18H17N3O/c1-11-7-12(2)9-15(8-11)21-18(22)17-16-4-3-14(19)10-13(16)5-6-20-17/h3-10H,19H2,1-2H3,(H,21,22). The first-order valence-corrected chi connectivity index (χ1v) is 7.07. The molecule has 4 nitrogen and oxygen atoms in total. The van der Waals surface area contributed by atoms with Crippen LogP contribution in [-0.4, -0.2) is 10.9 Å². The highest BCUT2D eigenvalue weighted by atomic mass is 16.1. The summed E-state index contributed by atoms with van der Waals surface area (Å²) >= 11 is 0. The molecule has 0 saturated heterocycles. The van der Waals surface area contributed by atoms with Crippen LogP contribution in [0.5, 0.6) is 0 Å². The maximum absolute atomic E-state index is 12.5. The fourth-order valence-corrected chi connectivity index (χ4v) is 2.61. The molecule has 0 atom stereocenters. The highest BCUT2D eigenvalue weighted by molar-refractivity contribution is 6.11. The lowest BCUT2D eigenvalue weighted by molar-refractivity contribution is 0.102. The first kappa shape index (κ1) is 14.1. The highest BCUT2D eigenvalue weighted by Crippen LogP contribution is 2.21. The number of fused-ring (bicyclic) bond motifs is 1. The van der Waals surface area contributed by atoms with Crippen LogP contribution in [0.3, 0.4) is 0 Å². The van der Waals surface area contributed by atoms with E-state index in [4.69, 9.17) is 5.73 Å². The third-order valence-electron chi connectivity index (χ3n) is 3.48. The predicted octanol–water partition coefficient (Wildman–Crippen LogP) is 3.69. The smallest absolute Gasteiger partial charge is 0.274 e. The molecule has 0 aliphatic rings. The lowest BCUT2D eigenvalue weighted by atomic mass is 10.1. The number of rotatable bonds is 2. The minimum absolute atomic E-state index is 0.222. The Balaban J connectivity index is 1.98. The molecule has 0 unspecified atom stereocenters. The van der Waals surface area contributed by atoms with Crippen LogP contribution in [0.15, 0.2) is 48.7 Å². The fourth-order valence-electron chi connectivity index (χ4n) is 2.61. The van der Waals surface area contributed by atoms with Crippen molar-refractivity contribution in [3.05, 3.63) is 65.5 Å². The summed E-state index contributed by atoms with van der Waals surface area (Å²) in [7, 11) is 0. The molecule has 4 heteroatoms. The van der Waals surface area contributed by atoms with Gasteiger partial charge in [0, 0.05) is 23.0 Å². The van der Waals surface area contributed by atoms with Crippen molar-refractivity contribution in [2.24, 2.45) is 0 Å². The molecular formula is C18H17N3O. The SMILES string of the molecule is Cc1cc(C)cc(NC(=O)c2nccc3cc(N)ccc23)c1. The van der Waals surface area contributed by atoms with Crippen LogP contribution in [0, 0.1) is 13.8 Å². The summed E-state index contributed by atoms with van der Waals surface area (Å²) in [6.45, 7) is 4.00. The van der Waals surface area contributed by atoms with Gasteiger partial charge in [0.2, 0.25) is 0 Å². The van der Waals surface area contributed by atoms with Crippen LogP contribution in [0.1, 0.15) is 21.6 Å². The molecule has 1 amide bonds. The Morgan fingerprint density at radius 3 is 2.50 bits per heavy atom. The van der Waals surface area contributed by atoms with Crippen LogP contribution in [0.4, 0.5) is 11.4 Å². The molecule has 3 N–H and O–H groups in total. The average molecular weight is 291 g/mol. The van der Waals surface area contributed by atoms with Crippen molar-refractivity contribution in [2.45, 2.75) is 13.8 Å². The Morgan fingerprint density at radius 2 is 1.77 bits per heavy atom. The molecule has 3 rings (SSSR count). The van der Waals surface area contributed by atoms with E-state index in [1.165, 1.54) is 0 Å². The summed E-state index contributed by atoms with van der Waals surface area (Å²) in [4.78, 5) is 16.8. The number of pyridine rings is 1. The van der Waals surface area contributed by atoms with Gasteiger partial charge in [-0.1, -0.05) is 6.07 Å². The first-order chi connectivity index (χ1) is 10.5. The van der Waals surface area contributed by atoms with Gasteiger partial charge in [-0.2, -0.15) is 0 Å². The van der Waals surface area contributed by atoms with Crippen LogP contribution in [0.25, 0.3) is 10.8 Å². The Bertz CT molecular complexity index is 851. The zero-order chi connectivity index (χ0) is 15.7. The molecule has 0 aliphatic heterocycles. The highest BCUT2D eigenvalue weighted by Gasteiger charge is 2.12. The molecule has 2 aromatic carbocycles. The molecule has 110 valence electrons. The zero-order valence-corrected chi connectivity index (χ0v) is 12.6. The molecule has 1 aromatic heterocycles. The number of aromatic nitrogens is 1. The van der Waals surface area contributed by atoms with Crippen molar-refractivity contribution in [1.29, 1.82) is 0 Å². The van der Waals surface area contributed by atoms with Crippen molar-refractivity contribution in [2.75, 3.05) is 11.1 Å². The van der Waals surface area contributed by atoms with E-state index in [1.807, 2.05) is 44.2 Å². The molecule has 1 heterocycles. The summed E-state index contributed by atoms with van der Waals surface area (Å²) in [5.41, 5.74) is 9.84. The van der Waals surface area contributed by atoms with Crippen molar-refractivity contribution in [3.8, 4) is 0 Å². The molecule has 3 aromatic rings. The summed E-state index contributed by atoms with van der Waals surface area (Å²) < 4.78 is 0. The predicted molar refractivity (Wildman–Crippen MR) is 90.0 cm³/mol. The van der Waals surface area contributed by atoms with Crippen molar-refractivity contribution in [3.63, 3.8) is 0 Å². The maximum Gasteiger partial charge on any atom is 0.274 e. The number of hydrogen-bond donors (Lipinski definition) is 2. The largest absolute Gasteiger partial charge is 0.399 e. The van der Waals surface area contributed by atoms with Crippen LogP contribution in [0.2, 0.25) is 0 Å². The van der Waals surface area contributed by atoms with Gasteiger partial charge in [0.15, 0.2) is 0 Å². The second-order valence-corrected chi connectivity index (χ2v) is 5.47. The van der Waals surface area contributed by atoms with E-state index in [-0.39, 0.29) is 5.91 Å². The Morgan fingerprint density at radius 1 is 1.05 bits per heavy atom. The molecule has 0 radical (unpaired) electrons. The molecule has 0 aliphatic carbocycles.